The van der Waals surface area contributed by atoms with Crippen LogP contribution in [0.15, 0.2) is 53.4 Å². The molecule has 0 bridgehead atoms. The van der Waals surface area contributed by atoms with E-state index in [4.69, 9.17) is 4.98 Å². The first-order valence-electron chi connectivity index (χ1n) is 10.8. The topological polar surface area (TPSA) is 14.1 Å². The summed E-state index contributed by atoms with van der Waals surface area (Å²) in [7, 11) is -2.10. The number of rotatable bonds is 4. The molecule has 33 heavy (non-hydrogen) atoms. The molecule has 2 aliphatic rings. The fourth-order valence-corrected chi connectivity index (χ4v) is 14.3. The van der Waals surface area contributed by atoms with Gasteiger partial charge in [0.25, 0.3) is 0 Å². The van der Waals surface area contributed by atoms with Crippen molar-refractivity contribution in [2.75, 3.05) is 0 Å². The van der Waals surface area contributed by atoms with Gasteiger partial charge in [0.15, 0.2) is 0 Å². The average Bonchev–Trinajstić information content (AvgIpc) is 3.15. The van der Waals surface area contributed by atoms with E-state index >= 15 is 0 Å². The molecule has 4 rings (SSSR count). The second kappa shape index (κ2) is 12.6. The third-order valence-electron chi connectivity index (χ3n) is 7.09. The van der Waals surface area contributed by atoms with Crippen molar-refractivity contribution in [2.24, 2.45) is 11.8 Å². The van der Waals surface area contributed by atoms with E-state index in [-0.39, 0.29) is 49.5 Å². The first kappa shape index (κ1) is 33.4. The summed E-state index contributed by atoms with van der Waals surface area (Å²) in [5.41, 5.74) is 3.67. The smallest absolute Gasteiger partial charge is 0.656 e. The molecular weight excluding hydrogens is 585 g/mol. The standard InChI is InChI=1S/C25H33INSSi.3CH3.Ti/c1-16-17(2)24(23-22(16)20-12-7-8-13-21(20)28-23)29(6,27-25(3,4)5)19-11-9-10-18(14-19)15-26;;;;/h7-14,16-17,22-24H,15H2,1-6H3;3*1H3;/q4*-1;+4. The van der Waals surface area contributed by atoms with E-state index in [9.17, 15) is 0 Å². The summed E-state index contributed by atoms with van der Waals surface area (Å²) in [6.45, 7) is 14.4. The molecule has 2 aromatic rings. The van der Waals surface area contributed by atoms with Crippen molar-refractivity contribution in [3.63, 3.8) is 0 Å². The van der Waals surface area contributed by atoms with E-state index in [1.54, 1.807) is 5.56 Å². The van der Waals surface area contributed by atoms with Gasteiger partial charge in [-0.1, -0.05) is 111 Å². The van der Waals surface area contributed by atoms with E-state index in [1.807, 2.05) is 0 Å². The van der Waals surface area contributed by atoms with Crippen LogP contribution in [0.4, 0.5) is 0 Å². The Morgan fingerprint density at radius 3 is 2.21 bits per heavy atom. The second-order valence-corrected chi connectivity index (χ2v) is 15.9. The zero-order valence-electron chi connectivity index (χ0n) is 21.9. The summed E-state index contributed by atoms with van der Waals surface area (Å²) in [6.07, 6.45) is 0. The summed E-state index contributed by atoms with van der Waals surface area (Å²) in [5, 5.41) is 2.19. The third-order valence-corrected chi connectivity index (χ3v) is 14.5. The van der Waals surface area contributed by atoms with Crippen LogP contribution in [0.1, 0.15) is 51.7 Å². The molecule has 1 fully saturated rings. The van der Waals surface area contributed by atoms with Gasteiger partial charge in [0, 0.05) is 14.6 Å². The molecule has 0 saturated heterocycles. The van der Waals surface area contributed by atoms with E-state index < -0.39 is 8.24 Å². The molecule has 1 aliphatic heterocycles. The Bertz CT molecular complexity index is 901. The number of hydrogen-bond acceptors (Lipinski definition) is 1. The quantitative estimate of drug-likeness (QED) is 0.143. The summed E-state index contributed by atoms with van der Waals surface area (Å²) in [6, 6.07) is 18.6. The van der Waals surface area contributed by atoms with Gasteiger partial charge >= 0.3 is 21.7 Å². The van der Waals surface area contributed by atoms with E-state index in [0.29, 0.717) is 28.5 Å². The molecule has 1 nitrogen and oxygen atoms in total. The molecule has 1 heterocycles. The largest absolute Gasteiger partial charge is 4.00 e. The molecule has 0 aromatic heterocycles. The normalized spacial score (nSPS) is 26.9. The number of halogens is 1. The summed E-state index contributed by atoms with van der Waals surface area (Å²) in [5.74, 6) is 2.07. The molecule has 0 amide bonds. The van der Waals surface area contributed by atoms with Crippen molar-refractivity contribution < 1.29 is 21.7 Å². The molecule has 2 aromatic carbocycles. The molecule has 0 N–H and O–H groups in total. The monoisotopic (exact) mass is 627 g/mol. The molecule has 180 valence electrons. The van der Waals surface area contributed by atoms with Crippen LogP contribution in [0.3, 0.4) is 0 Å². The van der Waals surface area contributed by atoms with Gasteiger partial charge in [-0.15, -0.1) is 17.3 Å². The Hall–Kier alpha value is 0.411. The molecule has 0 radical (unpaired) electrons. The van der Waals surface area contributed by atoms with Gasteiger partial charge in [-0.05, 0) is 48.7 Å². The van der Waals surface area contributed by atoms with Crippen LogP contribution >= 0.6 is 34.4 Å². The van der Waals surface area contributed by atoms with Crippen LogP contribution in [0.25, 0.3) is 4.98 Å². The molecule has 6 unspecified atom stereocenters. The van der Waals surface area contributed by atoms with Crippen LogP contribution in [-0.4, -0.2) is 19.0 Å². The van der Waals surface area contributed by atoms with E-state index in [0.717, 1.165) is 4.43 Å². The van der Waals surface area contributed by atoms with Crippen molar-refractivity contribution >= 4 is 47.8 Å². The van der Waals surface area contributed by atoms with Crippen LogP contribution in [0.5, 0.6) is 0 Å². The Balaban J connectivity index is 0.00000256. The number of hydrogen-bond donors (Lipinski definition) is 0. The molecular formula is C28H42INSSiTi. The Labute approximate surface area is 239 Å². The van der Waals surface area contributed by atoms with Gasteiger partial charge in [-0.3, -0.25) is 0 Å². The summed E-state index contributed by atoms with van der Waals surface area (Å²) >= 11 is 4.64. The Morgan fingerprint density at radius 1 is 0.970 bits per heavy atom. The van der Waals surface area contributed by atoms with Gasteiger partial charge in [0.2, 0.25) is 0 Å². The third kappa shape index (κ3) is 6.22. The minimum Gasteiger partial charge on any atom is -0.656 e. The Morgan fingerprint density at radius 2 is 1.61 bits per heavy atom. The zero-order chi connectivity index (χ0) is 21.0. The minimum absolute atomic E-state index is 0. The Kier molecular flexibility index (Phi) is 12.7. The molecule has 0 spiro atoms. The maximum Gasteiger partial charge on any atom is 4.00 e. The number of fused-ring (bicyclic) bond motifs is 3. The van der Waals surface area contributed by atoms with Crippen LogP contribution in [-0.2, 0) is 26.1 Å². The van der Waals surface area contributed by atoms with Gasteiger partial charge in [-0.2, -0.15) is 0 Å². The maximum atomic E-state index is 5.70. The van der Waals surface area contributed by atoms with Crippen molar-refractivity contribution in [1.82, 2.24) is 0 Å². The van der Waals surface area contributed by atoms with E-state index in [1.165, 1.54) is 15.6 Å². The van der Waals surface area contributed by atoms with Crippen molar-refractivity contribution in [2.45, 2.75) is 72.7 Å². The molecule has 1 saturated carbocycles. The predicted molar refractivity (Wildman–Crippen MR) is 159 cm³/mol. The van der Waals surface area contributed by atoms with Gasteiger partial charge in [0.05, 0.1) is 0 Å². The molecule has 5 heteroatoms. The van der Waals surface area contributed by atoms with Crippen LogP contribution in [0, 0.1) is 34.1 Å². The summed E-state index contributed by atoms with van der Waals surface area (Å²) in [4.78, 5) is 7.21. The second-order valence-electron chi connectivity index (χ2n) is 10.2. The summed E-state index contributed by atoms with van der Waals surface area (Å²) < 4.78 is 1.06. The number of alkyl halides is 1. The first-order valence-corrected chi connectivity index (χ1v) is 15.7. The number of nitrogens with zero attached hydrogens (tertiary/aromatic N) is 1. The van der Waals surface area contributed by atoms with Gasteiger partial charge < -0.3 is 27.3 Å². The number of benzene rings is 2. The molecule has 6 atom stereocenters. The van der Waals surface area contributed by atoms with Crippen molar-refractivity contribution in [3.05, 3.63) is 86.9 Å². The average molecular weight is 628 g/mol. The fraction of sp³-hybridized carbons (Fsp3) is 0.464. The SMILES string of the molecule is CC1C(C)C([Si](C)([N-]C(C)(C)C)c2cccc(CI)c2)C2Sc3ccccc3C12.[CH3-].[CH3-].[CH3-].[Ti+4]. The minimum atomic E-state index is -2.10. The van der Waals surface area contributed by atoms with Crippen LogP contribution < -0.4 is 5.19 Å². The van der Waals surface area contributed by atoms with Crippen molar-refractivity contribution in [3.8, 4) is 0 Å². The molecule has 1 aliphatic carbocycles. The fourth-order valence-electron chi connectivity index (χ4n) is 5.92. The van der Waals surface area contributed by atoms with Crippen LogP contribution in [0.2, 0.25) is 12.1 Å². The maximum absolute atomic E-state index is 5.70. The zero-order valence-corrected chi connectivity index (χ0v) is 27.5. The van der Waals surface area contributed by atoms with Gasteiger partial charge in [-0.25, -0.2) is 0 Å². The van der Waals surface area contributed by atoms with Gasteiger partial charge in [0.1, 0.15) is 0 Å². The predicted octanol–water partition coefficient (Wildman–Crippen LogP) is 8.84. The number of thioether (sulfide) groups is 1. The first-order chi connectivity index (χ1) is 13.7. The van der Waals surface area contributed by atoms with Crippen molar-refractivity contribution in [1.29, 1.82) is 0 Å². The van der Waals surface area contributed by atoms with E-state index in [2.05, 4.69) is 124 Å².